The van der Waals surface area contributed by atoms with Crippen LogP contribution < -0.4 is 20.3 Å². The van der Waals surface area contributed by atoms with Crippen LogP contribution in [0, 0.1) is 0 Å². The van der Waals surface area contributed by atoms with Crippen molar-refractivity contribution in [3.05, 3.63) is 59.2 Å². The van der Waals surface area contributed by atoms with Gasteiger partial charge in [0.05, 0.1) is 4.55 Å². The van der Waals surface area contributed by atoms with E-state index in [0.29, 0.717) is 29.5 Å². The number of carbonyl (C=O) groups is 1. The Labute approximate surface area is 194 Å². The number of carbonyl (C=O) groups excluding carboxylic acids is 1. The van der Waals surface area contributed by atoms with Crippen LogP contribution in [0.2, 0.25) is 0 Å². The first-order valence-corrected chi connectivity index (χ1v) is 12.1. The van der Waals surface area contributed by atoms with E-state index in [-0.39, 0.29) is 23.7 Å². The van der Waals surface area contributed by atoms with Crippen LogP contribution in [0.3, 0.4) is 0 Å². The molecule has 1 fully saturated rings. The maximum atomic E-state index is 13.1. The van der Waals surface area contributed by atoms with Gasteiger partial charge in [-0.15, -0.1) is 0 Å². The summed E-state index contributed by atoms with van der Waals surface area (Å²) in [5.41, 5.74) is 3.51. The summed E-state index contributed by atoms with van der Waals surface area (Å²) in [6, 6.07) is 14.1. The number of amides is 1. The van der Waals surface area contributed by atoms with E-state index >= 15 is 0 Å². The topological polar surface area (TPSA) is 53.6 Å². The van der Waals surface area contributed by atoms with Gasteiger partial charge in [-0.25, -0.2) is 0 Å². The first-order valence-electron chi connectivity index (χ1n) is 10.6. The quantitative estimate of drug-likeness (QED) is 0.307. The second kappa shape index (κ2) is 10.2. The van der Waals surface area contributed by atoms with Crippen molar-refractivity contribution >= 4 is 34.2 Å². The van der Waals surface area contributed by atoms with Gasteiger partial charge in [-0.1, -0.05) is 52.9 Å². The van der Waals surface area contributed by atoms with Gasteiger partial charge in [0.25, 0.3) is 0 Å². The van der Waals surface area contributed by atoms with E-state index in [2.05, 4.69) is 45.4 Å². The number of hydrogen-bond acceptors (Lipinski definition) is 4. The first-order chi connectivity index (χ1) is 15.1. The van der Waals surface area contributed by atoms with Gasteiger partial charge in [-0.05, 0) is 49.1 Å². The van der Waals surface area contributed by atoms with E-state index < -0.39 is 6.61 Å². The highest BCUT2D eigenvalue weighted by Gasteiger charge is 2.28. The number of ether oxygens (including phenoxy) is 1. The molecule has 0 aromatic heterocycles. The van der Waals surface area contributed by atoms with Crippen LogP contribution in [0.4, 0.5) is 14.5 Å². The Morgan fingerprint density at radius 3 is 2.77 bits per heavy atom. The highest BCUT2D eigenvalue weighted by molar-refractivity contribution is 14.1. The second-order valence-electron chi connectivity index (χ2n) is 7.88. The highest BCUT2D eigenvalue weighted by Crippen LogP contribution is 2.35. The molecule has 1 amide bonds. The average molecular weight is 541 g/mol. The monoisotopic (exact) mass is 541 g/mol. The average Bonchev–Trinajstić information content (AvgIpc) is 2.78. The number of hydrogen-bond donors (Lipinski definition) is 2. The molecule has 0 bridgehead atoms. The Morgan fingerprint density at radius 1 is 1.23 bits per heavy atom. The van der Waals surface area contributed by atoms with Crippen molar-refractivity contribution in [2.75, 3.05) is 16.0 Å². The molecule has 31 heavy (non-hydrogen) atoms. The van der Waals surface area contributed by atoms with Gasteiger partial charge in [0, 0.05) is 36.3 Å². The molecule has 2 atom stereocenters. The summed E-state index contributed by atoms with van der Waals surface area (Å²) in [7, 11) is 0. The molecular formula is C23H26F2IN3O2. The molecule has 166 valence electrons. The summed E-state index contributed by atoms with van der Waals surface area (Å²) in [5, 5.41) is 7.13. The van der Waals surface area contributed by atoms with E-state index in [4.69, 9.17) is 4.74 Å². The molecule has 0 unspecified atom stereocenters. The third-order valence-electron chi connectivity index (χ3n) is 5.97. The zero-order valence-corrected chi connectivity index (χ0v) is 19.3. The second-order valence-corrected chi connectivity index (χ2v) is 8.56. The zero-order chi connectivity index (χ0) is 21.8. The molecular weight excluding hydrogens is 515 g/mol. The van der Waals surface area contributed by atoms with Crippen LogP contribution in [0.25, 0.3) is 0 Å². The summed E-state index contributed by atoms with van der Waals surface area (Å²) >= 11 is 2.15. The Hall–Kier alpha value is -1.78. The van der Waals surface area contributed by atoms with E-state index in [0.717, 1.165) is 30.6 Å². The number of anilines is 1. The van der Waals surface area contributed by atoms with Crippen LogP contribution in [-0.2, 0) is 17.8 Å². The number of nitrogens with one attached hydrogen (secondary N) is 2. The minimum atomic E-state index is -2.89. The molecule has 0 radical (unpaired) electrons. The van der Waals surface area contributed by atoms with Crippen molar-refractivity contribution in [2.24, 2.45) is 0 Å². The van der Waals surface area contributed by atoms with E-state index in [9.17, 15) is 13.6 Å². The minimum absolute atomic E-state index is 0.0592. The molecule has 4 rings (SSSR count). The fraction of sp³-hybridized carbons (Fsp3) is 0.435. The number of benzene rings is 2. The van der Waals surface area contributed by atoms with Gasteiger partial charge in [-0.3, -0.25) is 4.79 Å². The minimum Gasteiger partial charge on any atom is -0.434 e. The summed E-state index contributed by atoms with van der Waals surface area (Å²) in [4.78, 5) is 14.0. The molecule has 2 aliphatic heterocycles. The number of aryl methyl sites for hydroxylation is 1. The van der Waals surface area contributed by atoms with Crippen LogP contribution in [0.1, 0.15) is 42.0 Å². The Morgan fingerprint density at radius 2 is 2.03 bits per heavy atom. The lowest BCUT2D eigenvalue weighted by Gasteiger charge is -2.34. The van der Waals surface area contributed by atoms with Gasteiger partial charge in [0.2, 0.25) is 5.91 Å². The molecule has 2 aromatic carbocycles. The van der Waals surface area contributed by atoms with Gasteiger partial charge < -0.3 is 20.3 Å². The normalized spacial score (nSPS) is 21.3. The number of nitrogens with zero attached hydrogens (tertiary/aromatic N) is 1. The molecule has 1 saturated heterocycles. The fourth-order valence-corrected chi connectivity index (χ4v) is 5.20. The van der Waals surface area contributed by atoms with Crippen molar-refractivity contribution in [3.8, 4) is 5.75 Å². The Kier molecular flexibility index (Phi) is 7.39. The highest BCUT2D eigenvalue weighted by atomic mass is 127. The molecule has 2 N–H and O–H groups in total. The predicted octanol–water partition coefficient (Wildman–Crippen LogP) is 4.54. The maximum Gasteiger partial charge on any atom is 0.387 e. The molecule has 8 heteroatoms. The molecule has 0 spiro atoms. The fourth-order valence-electron chi connectivity index (χ4n) is 4.45. The molecule has 5 nitrogen and oxygen atoms in total. The SMILES string of the molecule is O=C1CCc2cc(OC(F)F)c(CN[C@H]3CCCN[C@H]3c3ccccc3)cc2N1CI. The number of rotatable bonds is 7. The zero-order valence-electron chi connectivity index (χ0n) is 17.1. The van der Waals surface area contributed by atoms with Crippen LogP contribution in [-0.4, -0.2) is 29.7 Å². The largest absolute Gasteiger partial charge is 0.434 e. The molecule has 2 aliphatic rings. The van der Waals surface area contributed by atoms with Crippen molar-refractivity contribution in [1.82, 2.24) is 10.6 Å². The Bertz CT molecular complexity index is 913. The lowest BCUT2D eigenvalue weighted by Crippen LogP contribution is -2.45. The number of halogens is 3. The van der Waals surface area contributed by atoms with Crippen LogP contribution in [0.15, 0.2) is 42.5 Å². The lowest BCUT2D eigenvalue weighted by molar-refractivity contribution is -0.118. The van der Waals surface area contributed by atoms with Crippen molar-refractivity contribution < 1.29 is 18.3 Å². The van der Waals surface area contributed by atoms with Crippen molar-refractivity contribution in [1.29, 1.82) is 0 Å². The van der Waals surface area contributed by atoms with Gasteiger partial charge in [-0.2, -0.15) is 8.78 Å². The van der Waals surface area contributed by atoms with Gasteiger partial charge >= 0.3 is 6.61 Å². The van der Waals surface area contributed by atoms with Gasteiger partial charge in [0.1, 0.15) is 5.75 Å². The van der Waals surface area contributed by atoms with Crippen molar-refractivity contribution in [2.45, 2.75) is 50.9 Å². The summed E-state index contributed by atoms with van der Waals surface area (Å²) in [6.07, 6.45) is 2.95. The summed E-state index contributed by atoms with van der Waals surface area (Å²) < 4.78 is 31.6. The Balaban J connectivity index is 1.59. The van der Waals surface area contributed by atoms with E-state index in [1.807, 2.05) is 24.3 Å². The van der Waals surface area contributed by atoms with Crippen LogP contribution in [0.5, 0.6) is 5.75 Å². The smallest absolute Gasteiger partial charge is 0.387 e. The van der Waals surface area contributed by atoms with E-state index in [1.54, 1.807) is 11.0 Å². The summed E-state index contributed by atoms with van der Waals surface area (Å²) in [6.45, 7) is -1.56. The molecule has 0 aliphatic carbocycles. The van der Waals surface area contributed by atoms with Gasteiger partial charge in [0.15, 0.2) is 0 Å². The third-order valence-corrected chi connectivity index (χ3v) is 6.65. The third kappa shape index (κ3) is 5.18. The molecule has 2 aromatic rings. The molecule has 2 heterocycles. The number of piperidine rings is 1. The predicted molar refractivity (Wildman–Crippen MR) is 125 cm³/mol. The number of fused-ring (bicyclic) bond motifs is 1. The first kappa shape index (κ1) is 22.4. The standard InChI is InChI=1S/C23H26F2IN3O2/c24-23(25)31-20-12-16-8-9-21(30)29(14-26)19(16)11-17(20)13-28-18-7-4-10-27-22(18)15-5-2-1-3-6-15/h1-3,5-6,11-12,18,22-23,27-28H,4,7-10,13-14H2/t18-,22-/m0/s1. The van der Waals surface area contributed by atoms with Crippen molar-refractivity contribution in [3.63, 3.8) is 0 Å². The lowest BCUT2D eigenvalue weighted by atomic mass is 9.92. The molecule has 0 saturated carbocycles. The van der Waals surface area contributed by atoms with E-state index in [1.165, 1.54) is 5.56 Å². The van der Waals surface area contributed by atoms with Crippen LogP contribution >= 0.6 is 22.6 Å². The maximum absolute atomic E-state index is 13.1. The summed E-state index contributed by atoms with van der Waals surface area (Å²) in [5.74, 6) is 0.244. The number of alkyl halides is 3.